The Morgan fingerprint density at radius 1 is 1.41 bits per heavy atom. The maximum atomic E-state index is 11.9. The second-order valence-corrected chi connectivity index (χ2v) is 5.47. The van der Waals surface area contributed by atoms with Gasteiger partial charge >= 0.3 is 5.97 Å². The van der Waals surface area contributed by atoms with E-state index in [1.807, 2.05) is 0 Å². The number of aliphatic carboxylic acids is 1. The molecule has 0 aromatic carbocycles. The van der Waals surface area contributed by atoms with Crippen molar-refractivity contribution in [1.29, 1.82) is 0 Å². The smallest absolute Gasteiger partial charge is 0.305 e. The number of amides is 2. The highest BCUT2D eigenvalue weighted by molar-refractivity contribution is 8.00. The molecule has 0 bridgehead atoms. The summed E-state index contributed by atoms with van der Waals surface area (Å²) in [6.07, 6.45) is -0.0871. The van der Waals surface area contributed by atoms with E-state index in [4.69, 9.17) is 9.63 Å². The van der Waals surface area contributed by atoms with E-state index in [1.54, 1.807) is 19.9 Å². The fourth-order valence-electron chi connectivity index (χ4n) is 1.62. The Kier molecular flexibility index (Phi) is 7.44. The first-order valence-electron chi connectivity index (χ1n) is 6.72. The Hall–Kier alpha value is -2.03. The minimum absolute atomic E-state index is 0.0871. The SMILES string of the molecule is CCN(CCC(=O)O)C(=O)CSCC(=O)Nc1cc(C)on1. The van der Waals surface area contributed by atoms with Gasteiger partial charge in [-0.3, -0.25) is 14.4 Å². The molecule has 0 radical (unpaired) electrons. The van der Waals surface area contributed by atoms with Gasteiger partial charge in [-0.2, -0.15) is 0 Å². The van der Waals surface area contributed by atoms with Gasteiger partial charge in [0.1, 0.15) is 5.76 Å². The third kappa shape index (κ3) is 6.61. The van der Waals surface area contributed by atoms with Gasteiger partial charge in [0, 0.05) is 19.2 Å². The van der Waals surface area contributed by atoms with Crippen LogP contribution in [0.4, 0.5) is 5.82 Å². The Morgan fingerprint density at radius 3 is 2.68 bits per heavy atom. The lowest BCUT2D eigenvalue weighted by Gasteiger charge is -2.19. The molecular formula is C13H19N3O5S. The van der Waals surface area contributed by atoms with Gasteiger partial charge in [0.05, 0.1) is 17.9 Å². The number of carboxylic acids is 1. The number of carboxylic acid groups (broad SMARTS) is 1. The monoisotopic (exact) mass is 329 g/mol. The molecule has 1 heterocycles. The second kappa shape index (κ2) is 9.08. The zero-order valence-electron chi connectivity index (χ0n) is 12.5. The number of carbonyl (C=O) groups is 3. The van der Waals surface area contributed by atoms with Crippen LogP contribution in [-0.2, 0) is 14.4 Å². The molecule has 0 unspecified atom stereocenters. The number of anilines is 1. The summed E-state index contributed by atoms with van der Waals surface area (Å²) in [4.78, 5) is 35.5. The molecule has 9 heteroatoms. The van der Waals surface area contributed by atoms with Crippen molar-refractivity contribution in [2.24, 2.45) is 0 Å². The number of nitrogens with one attached hydrogen (secondary N) is 1. The van der Waals surface area contributed by atoms with Crippen molar-refractivity contribution in [3.8, 4) is 0 Å². The number of aryl methyl sites for hydroxylation is 1. The van der Waals surface area contributed by atoms with E-state index in [1.165, 1.54) is 4.90 Å². The van der Waals surface area contributed by atoms with Crippen molar-refractivity contribution < 1.29 is 24.0 Å². The van der Waals surface area contributed by atoms with Crippen LogP contribution in [0.2, 0.25) is 0 Å². The third-order valence-electron chi connectivity index (χ3n) is 2.68. The van der Waals surface area contributed by atoms with Gasteiger partial charge in [0.25, 0.3) is 0 Å². The van der Waals surface area contributed by atoms with Gasteiger partial charge < -0.3 is 19.8 Å². The molecule has 0 aliphatic heterocycles. The Labute approximate surface area is 132 Å². The number of hydrogen-bond donors (Lipinski definition) is 2. The summed E-state index contributed by atoms with van der Waals surface area (Å²) in [7, 11) is 0. The van der Waals surface area contributed by atoms with Crippen molar-refractivity contribution in [3.05, 3.63) is 11.8 Å². The summed E-state index contributed by atoms with van der Waals surface area (Å²) in [5.74, 6) is -0.242. The molecular weight excluding hydrogens is 310 g/mol. The van der Waals surface area contributed by atoms with Crippen molar-refractivity contribution >= 4 is 35.4 Å². The Morgan fingerprint density at radius 2 is 2.14 bits per heavy atom. The summed E-state index contributed by atoms with van der Waals surface area (Å²) in [6, 6.07) is 1.60. The van der Waals surface area contributed by atoms with Gasteiger partial charge in [-0.15, -0.1) is 11.8 Å². The number of rotatable bonds is 9. The highest BCUT2D eigenvalue weighted by Gasteiger charge is 2.14. The summed E-state index contributed by atoms with van der Waals surface area (Å²) >= 11 is 1.16. The Balaban J connectivity index is 2.28. The summed E-state index contributed by atoms with van der Waals surface area (Å²) in [5, 5.41) is 14.8. The minimum Gasteiger partial charge on any atom is -0.481 e. The predicted molar refractivity (Wildman–Crippen MR) is 81.7 cm³/mol. The van der Waals surface area contributed by atoms with Crippen LogP contribution >= 0.6 is 11.8 Å². The molecule has 0 saturated heterocycles. The molecule has 0 fully saturated rings. The highest BCUT2D eigenvalue weighted by Crippen LogP contribution is 2.09. The molecule has 1 rings (SSSR count). The molecule has 8 nitrogen and oxygen atoms in total. The largest absolute Gasteiger partial charge is 0.481 e. The number of aromatic nitrogens is 1. The molecule has 0 aliphatic rings. The van der Waals surface area contributed by atoms with E-state index >= 15 is 0 Å². The van der Waals surface area contributed by atoms with Crippen LogP contribution in [0.25, 0.3) is 0 Å². The van der Waals surface area contributed by atoms with Gasteiger partial charge in [0.15, 0.2) is 5.82 Å². The zero-order chi connectivity index (χ0) is 16.5. The fourth-order valence-corrected chi connectivity index (χ4v) is 2.33. The van der Waals surface area contributed by atoms with Crippen LogP contribution in [0.1, 0.15) is 19.1 Å². The molecule has 0 atom stereocenters. The van der Waals surface area contributed by atoms with Crippen molar-refractivity contribution in [2.45, 2.75) is 20.3 Å². The van der Waals surface area contributed by atoms with Crippen LogP contribution in [0.5, 0.6) is 0 Å². The first-order valence-corrected chi connectivity index (χ1v) is 7.88. The average Bonchev–Trinajstić information content (AvgIpc) is 2.84. The highest BCUT2D eigenvalue weighted by atomic mass is 32.2. The van der Waals surface area contributed by atoms with Gasteiger partial charge in [-0.1, -0.05) is 5.16 Å². The first-order chi connectivity index (χ1) is 10.4. The molecule has 1 aromatic heterocycles. The Bertz CT molecular complexity index is 532. The lowest BCUT2D eigenvalue weighted by atomic mass is 10.4. The van der Waals surface area contributed by atoms with Gasteiger partial charge in [-0.25, -0.2) is 0 Å². The molecule has 0 spiro atoms. The van der Waals surface area contributed by atoms with Gasteiger partial charge in [0.2, 0.25) is 11.8 Å². The number of nitrogens with zero attached hydrogens (tertiary/aromatic N) is 2. The lowest BCUT2D eigenvalue weighted by Crippen LogP contribution is -2.34. The molecule has 0 saturated carbocycles. The van der Waals surface area contributed by atoms with Crippen LogP contribution in [-0.4, -0.2) is 57.5 Å². The first kappa shape index (κ1) is 18.0. The van der Waals surface area contributed by atoms with Crippen LogP contribution in [0, 0.1) is 6.92 Å². The predicted octanol–water partition coefficient (Wildman–Crippen LogP) is 0.978. The second-order valence-electron chi connectivity index (χ2n) is 4.48. The van der Waals surface area contributed by atoms with Crippen molar-refractivity contribution in [1.82, 2.24) is 10.1 Å². The summed E-state index contributed by atoms with van der Waals surface area (Å²) < 4.78 is 4.82. The van der Waals surface area contributed by atoms with Crippen molar-refractivity contribution in [2.75, 3.05) is 29.9 Å². The summed E-state index contributed by atoms with van der Waals surface area (Å²) in [5.41, 5.74) is 0. The molecule has 2 N–H and O–H groups in total. The molecule has 0 aliphatic carbocycles. The summed E-state index contributed by atoms with van der Waals surface area (Å²) in [6.45, 7) is 4.11. The number of thioether (sulfide) groups is 1. The van der Waals surface area contributed by atoms with Crippen LogP contribution in [0.3, 0.4) is 0 Å². The number of hydrogen-bond acceptors (Lipinski definition) is 6. The van der Waals surface area contributed by atoms with E-state index < -0.39 is 5.97 Å². The molecule has 122 valence electrons. The third-order valence-corrected chi connectivity index (χ3v) is 3.60. The van der Waals surface area contributed by atoms with Crippen LogP contribution < -0.4 is 5.32 Å². The van der Waals surface area contributed by atoms with Gasteiger partial charge in [-0.05, 0) is 13.8 Å². The fraction of sp³-hybridized carbons (Fsp3) is 0.538. The normalized spacial score (nSPS) is 10.3. The van der Waals surface area contributed by atoms with E-state index in [-0.39, 0.29) is 36.3 Å². The van der Waals surface area contributed by atoms with E-state index in [0.29, 0.717) is 18.1 Å². The zero-order valence-corrected chi connectivity index (χ0v) is 13.3. The number of carbonyl (C=O) groups excluding carboxylic acids is 2. The van der Waals surface area contributed by atoms with Crippen molar-refractivity contribution in [3.63, 3.8) is 0 Å². The minimum atomic E-state index is -0.943. The standard InChI is InChI=1S/C13H19N3O5S/c1-3-16(5-4-13(19)20)12(18)8-22-7-11(17)14-10-6-9(2)21-15-10/h6H,3-5,7-8H2,1-2H3,(H,19,20)(H,14,15,17). The van der Waals surface area contributed by atoms with E-state index in [2.05, 4.69) is 10.5 Å². The molecule has 1 aromatic rings. The topological polar surface area (TPSA) is 113 Å². The average molecular weight is 329 g/mol. The van der Waals surface area contributed by atoms with E-state index in [0.717, 1.165) is 11.8 Å². The quantitative estimate of drug-likeness (QED) is 0.694. The van der Waals surface area contributed by atoms with Crippen LogP contribution in [0.15, 0.2) is 10.6 Å². The molecule has 2 amide bonds. The maximum Gasteiger partial charge on any atom is 0.305 e. The van der Waals surface area contributed by atoms with E-state index in [9.17, 15) is 14.4 Å². The lowest BCUT2D eigenvalue weighted by molar-refractivity contribution is -0.138. The maximum absolute atomic E-state index is 11.9. The molecule has 22 heavy (non-hydrogen) atoms.